The molecule has 2 saturated carbocycles. The number of ether oxygens (including phenoxy) is 1. The molecule has 3 aromatic rings. The van der Waals surface area contributed by atoms with E-state index in [1.165, 1.54) is 4.90 Å². The number of hydrogen-bond donors (Lipinski definition) is 0. The van der Waals surface area contributed by atoms with E-state index in [-0.39, 0.29) is 41.9 Å². The molecule has 6 rings (SSSR count). The fourth-order valence-corrected chi connectivity index (χ4v) is 6.39. The van der Waals surface area contributed by atoms with Crippen LogP contribution in [0.4, 0.5) is 0 Å². The molecule has 3 aromatic carbocycles. The molecule has 2 aliphatic carbocycles. The lowest BCUT2D eigenvalue weighted by Gasteiger charge is -2.26. The predicted molar refractivity (Wildman–Crippen MR) is 131 cm³/mol. The number of rotatable bonds is 6. The molecule has 1 aliphatic heterocycles. The highest BCUT2D eigenvalue weighted by molar-refractivity contribution is 6.08. The largest absolute Gasteiger partial charge is 0.425 e. The second kappa shape index (κ2) is 8.81. The van der Waals surface area contributed by atoms with Gasteiger partial charge in [-0.3, -0.25) is 14.5 Å². The van der Waals surface area contributed by atoms with E-state index in [2.05, 4.69) is 0 Å². The number of amides is 2. The third kappa shape index (κ3) is 3.85. The van der Waals surface area contributed by atoms with E-state index >= 15 is 0 Å². The highest BCUT2D eigenvalue weighted by Crippen LogP contribution is 2.56. The maximum absolute atomic E-state index is 13.5. The van der Waals surface area contributed by atoms with E-state index in [0.717, 1.165) is 36.0 Å². The van der Waals surface area contributed by atoms with Gasteiger partial charge in [0.05, 0.1) is 11.8 Å². The van der Waals surface area contributed by atoms with Gasteiger partial charge in [-0.25, -0.2) is 4.79 Å². The topological polar surface area (TPSA) is 63.7 Å². The Labute approximate surface area is 204 Å². The number of hydrogen-bond acceptors (Lipinski definition) is 4. The Kier molecular flexibility index (Phi) is 5.48. The molecule has 3 aliphatic rings. The SMILES string of the molecule is O=C(Oc1ccc(-c2ccccc2)cc1)[C@H](Cc1ccccc1)N1C(=O)[C@@H]2[C@H]3CC[C@@H](C3)[C@@H]2C1=O. The van der Waals surface area contributed by atoms with Gasteiger partial charge in [-0.2, -0.15) is 0 Å². The van der Waals surface area contributed by atoms with Crippen LogP contribution in [-0.4, -0.2) is 28.7 Å². The molecule has 2 amide bonds. The molecule has 2 bridgehead atoms. The van der Waals surface area contributed by atoms with Crippen molar-refractivity contribution in [3.05, 3.63) is 90.5 Å². The summed E-state index contributed by atoms with van der Waals surface area (Å²) >= 11 is 0. The van der Waals surface area contributed by atoms with Crippen molar-refractivity contribution in [1.29, 1.82) is 0 Å². The van der Waals surface area contributed by atoms with Crippen LogP contribution >= 0.6 is 0 Å². The van der Waals surface area contributed by atoms with E-state index in [9.17, 15) is 14.4 Å². The maximum Gasteiger partial charge on any atom is 0.335 e. The lowest BCUT2D eigenvalue weighted by molar-refractivity contribution is -0.154. The van der Waals surface area contributed by atoms with Gasteiger partial charge in [0, 0.05) is 6.42 Å². The molecule has 0 unspecified atom stereocenters. The lowest BCUT2D eigenvalue weighted by atomic mass is 9.81. The number of nitrogens with zero attached hydrogens (tertiary/aromatic N) is 1. The molecule has 176 valence electrons. The second-order valence-corrected chi connectivity index (χ2v) is 9.95. The van der Waals surface area contributed by atoms with Crippen LogP contribution < -0.4 is 4.74 Å². The molecule has 0 aromatic heterocycles. The van der Waals surface area contributed by atoms with E-state index in [1.807, 2.05) is 72.8 Å². The van der Waals surface area contributed by atoms with Crippen LogP contribution in [0.25, 0.3) is 11.1 Å². The first-order valence-corrected chi connectivity index (χ1v) is 12.4. The average molecular weight is 466 g/mol. The van der Waals surface area contributed by atoms with Gasteiger partial charge < -0.3 is 4.74 Å². The molecule has 5 atom stereocenters. The zero-order chi connectivity index (χ0) is 23.9. The van der Waals surface area contributed by atoms with Gasteiger partial charge in [0.25, 0.3) is 0 Å². The van der Waals surface area contributed by atoms with Gasteiger partial charge in [-0.15, -0.1) is 0 Å². The van der Waals surface area contributed by atoms with Gasteiger partial charge >= 0.3 is 5.97 Å². The second-order valence-electron chi connectivity index (χ2n) is 9.95. The van der Waals surface area contributed by atoms with Gasteiger partial charge in [0.2, 0.25) is 11.8 Å². The van der Waals surface area contributed by atoms with Crippen LogP contribution in [0.1, 0.15) is 24.8 Å². The Morgan fingerprint density at radius 3 is 1.91 bits per heavy atom. The maximum atomic E-state index is 13.5. The highest BCUT2D eigenvalue weighted by Gasteiger charge is 2.62. The van der Waals surface area contributed by atoms with Crippen molar-refractivity contribution >= 4 is 17.8 Å². The van der Waals surface area contributed by atoms with Crippen molar-refractivity contribution < 1.29 is 19.1 Å². The van der Waals surface area contributed by atoms with E-state index < -0.39 is 12.0 Å². The standard InChI is InChI=1S/C30H27NO4/c32-28-26-22-11-12-23(18-22)27(26)29(33)31(28)25(17-19-7-3-1-4-8-19)30(34)35-24-15-13-21(14-16-24)20-9-5-2-6-10-20/h1-10,13-16,22-23,25-27H,11-12,17-18H2/t22-,23-,25-,26-,27+/m0/s1. The lowest BCUT2D eigenvalue weighted by Crippen LogP contribution is -2.49. The molecule has 1 saturated heterocycles. The summed E-state index contributed by atoms with van der Waals surface area (Å²) in [6.07, 6.45) is 3.21. The quantitative estimate of drug-likeness (QED) is 0.295. The highest BCUT2D eigenvalue weighted by atomic mass is 16.5. The molecule has 5 heteroatoms. The summed E-state index contributed by atoms with van der Waals surface area (Å²) in [6, 6.07) is 25.8. The first kappa shape index (κ1) is 21.8. The molecule has 5 nitrogen and oxygen atoms in total. The van der Waals surface area contributed by atoms with Crippen molar-refractivity contribution in [1.82, 2.24) is 4.90 Å². The Morgan fingerprint density at radius 2 is 1.31 bits per heavy atom. The van der Waals surface area contributed by atoms with E-state index in [1.54, 1.807) is 12.1 Å². The molecule has 35 heavy (non-hydrogen) atoms. The summed E-state index contributed by atoms with van der Waals surface area (Å²) in [4.78, 5) is 41.7. The minimum Gasteiger partial charge on any atom is -0.425 e. The molecule has 0 N–H and O–H groups in total. The van der Waals surface area contributed by atoms with Crippen molar-refractivity contribution in [2.75, 3.05) is 0 Å². The Bertz CT molecular complexity index is 1230. The Hall–Kier alpha value is -3.73. The summed E-state index contributed by atoms with van der Waals surface area (Å²) in [5.74, 6) is -0.554. The van der Waals surface area contributed by atoms with Gasteiger partial charge in [-0.1, -0.05) is 72.8 Å². The molecular weight excluding hydrogens is 438 g/mol. The van der Waals surface area contributed by atoms with Crippen LogP contribution in [0.3, 0.4) is 0 Å². The van der Waals surface area contributed by atoms with Crippen molar-refractivity contribution in [2.24, 2.45) is 23.7 Å². The van der Waals surface area contributed by atoms with Crippen LogP contribution in [0.2, 0.25) is 0 Å². The van der Waals surface area contributed by atoms with Crippen molar-refractivity contribution in [2.45, 2.75) is 31.7 Å². The van der Waals surface area contributed by atoms with E-state index in [0.29, 0.717) is 5.75 Å². The molecular formula is C30H27NO4. The minimum atomic E-state index is -0.976. The fraction of sp³-hybridized carbons (Fsp3) is 0.300. The predicted octanol–water partition coefficient (Wildman–Crippen LogP) is 4.90. The van der Waals surface area contributed by atoms with Gasteiger partial charge in [-0.05, 0) is 59.9 Å². The summed E-state index contributed by atoms with van der Waals surface area (Å²) in [6.45, 7) is 0. The number of esters is 1. The smallest absolute Gasteiger partial charge is 0.335 e. The van der Waals surface area contributed by atoms with Crippen LogP contribution in [0.5, 0.6) is 5.75 Å². The first-order valence-electron chi connectivity index (χ1n) is 12.4. The third-order valence-electron chi connectivity index (χ3n) is 8.00. The fourth-order valence-electron chi connectivity index (χ4n) is 6.39. The number of fused-ring (bicyclic) bond motifs is 5. The average Bonchev–Trinajstić information content (AvgIpc) is 3.58. The monoisotopic (exact) mass is 465 g/mol. The van der Waals surface area contributed by atoms with Gasteiger partial charge in [0.15, 0.2) is 0 Å². The number of likely N-dealkylation sites (tertiary alicyclic amines) is 1. The Balaban J connectivity index is 1.26. The number of benzene rings is 3. The summed E-state index contributed by atoms with van der Waals surface area (Å²) in [7, 11) is 0. The first-order chi connectivity index (χ1) is 17.1. The minimum absolute atomic E-state index is 0.190. The van der Waals surface area contributed by atoms with Crippen LogP contribution in [0, 0.1) is 23.7 Å². The normalized spacial score (nSPS) is 25.5. The molecule has 3 fully saturated rings. The molecule has 0 spiro atoms. The summed E-state index contributed by atoms with van der Waals surface area (Å²) in [5, 5.41) is 0. The summed E-state index contributed by atoms with van der Waals surface area (Å²) < 4.78 is 5.76. The molecule has 0 radical (unpaired) electrons. The number of carbonyl (C=O) groups is 3. The zero-order valence-electron chi connectivity index (χ0n) is 19.4. The Morgan fingerprint density at radius 1 is 0.771 bits per heavy atom. The van der Waals surface area contributed by atoms with Gasteiger partial charge in [0.1, 0.15) is 11.8 Å². The number of imide groups is 1. The van der Waals surface area contributed by atoms with Crippen molar-refractivity contribution in [3.63, 3.8) is 0 Å². The van der Waals surface area contributed by atoms with Crippen LogP contribution in [0.15, 0.2) is 84.9 Å². The molecule has 1 heterocycles. The number of carbonyl (C=O) groups excluding carboxylic acids is 3. The zero-order valence-corrected chi connectivity index (χ0v) is 19.4. The van der Waals surface area contributed by atoms with Crippen molar-refractivity contribution in [3.8, 4) is 16.9 Å². The third-order valence-corrected chi connectivity index (χ3v) is 8.00. The van der Waals surface area contributed by atoms with E-state index in [4.69, 9.17) is 4.74 Å². The van der Waals surface area contributed by atoms with Crippen LogP contribution in [-0.2, 0) is 20.8 Å². The summed E-state index contributed by atoms with van der Waals surface area (Å²) in [5.41, 5.74) is 2.97.